The smallest absolute Gasteiger partial charge is 0.422 e. The Kier molecular flexibility index (Phi) is 9.62. The standard InChI is InChI=1S/C26H32F3N3O5/c1-17(31-8-11-36-22-5-3-4-6-23(22)37-16-26(27,28)29)13-19-14-20-7-9-32(10-12-35-18(2)33)24(20)21(15-19)25(30)34/h3-6,14-15,17,31H,7-13,16H2,1-2H3,(H2,30,34)/t17-/m1/s1. The maximum Gasteiger partial charge on any atom is 0.422 e. The van der Waals surface area contributed by atoms with E-state index in [1.54, 1.807) is 24.3 Å². The minimum absolute atomic E-state index is 0.0283. The van der Waals surface area contributed by atoms with Crippen molar-refractivity contribution >= 4 is 17.6 Å². The third-order valence-electron chi connectivity index (χ3n) is 5.78. The molecule has 1 heterocycles. The van der Waals surface area contributed by atoms with Crippen molar-refractivity contribution in [1.82, 2.24) is 5.32 Å². The summed E-state index contributed by atoms with van der Waals surface area (Å²) in [5, 5.41) is 3.32. The van der Waals surface area contributed by atoms with E-state index in [9.17, 15) is 22.8 Å². The average Bonchev–Trinajstić information content (AvgIpc) is 3.22. The van der Waals surface area contributed by atoms with Crippen molar-refractivity contribution in [2.45, 2.75) is 38.9 Å². The molecule has 202 valence electrons. The summed E-state index contributed by atoms with van der Waals surface area (Å²) in [6, 6.07) is 10.1. The molecule has 1 aliphatic rings. The number of para-hydroxylation sites is 2. The molecule has 37 heavy (non-hydrogen) atoms. The SMILES string of the molecule is CC(=O)OCCN1CCc2cc(C[C@@H](C)NCCOc3ccccc3OCC(F)(F)F)cc(C(N)=O)c21. The number of carbonyl (C=O) groups is 2. The zero-order valence-corrected chi connectivity index (χ0v) is 20.9. The number of anilines is 1. The number of ether oxygens (including phenoxy) is 3. The van der Waals surface area contributed by atoms with Gasteiger partial charge >= 0.3 is 12.1 Å². The second kappa shape index (κ2) is 12.7. The van der Waals surface area contributed by atoms with Crippen LogP contribution in [0.15, 0.2) is 36.4 Å². The van der Waals surface area contributed by atoms with Crippen LogP contribution in [0.3, 0.4) is 0 Å². The normalized spacial score (nSPS) is 13.7. The molecule has 3 rings (SSSR count). The number of amides is 1. The van der Waals surface area contributed by atoms with E-state index in [0.717, 1.165) is 23.2 Å². The molecule has 0 spiro atoms. The van der Waals surface area contributed by atoms with Gasteiger partial charge in [-0.3, -0.25) is 9.59 Å². The van der Waals surface area contributed by atoms with Crippen LogP contribution in [0.4, 0.5) is 18.9 Å². The lowest BCUT2D eigenvalue weighted by molar-refractivity contribution is -0.153. The molecule has 2 aromatic rings. The van der Waals surface area contributed by atoms with Gasteiger partial charge in [-0.05, 0) is 49.1 Å². The van der Waals surface area contributed by atoms with Crippen LogP contribution < -0.4 is 25.4 Å². The molecule has 1 atom stereocenters. The van der Waals surface area contributed by atoms with Crippen LogP contribution >= 0.6 is 0 Å². The predicted molar refractivity (Wildman–Crippen MR) is 132 cm³/mol. The lowest BCUT2D eigenvalue weighted by atomic mass is 9.98. The summed E-state index contributed by atoms with van der Waals surface area (Å²) in [5.74, 6) is -0.593. The Bertz CT molecular complexity index is 1090. The number of carbonyl (C=O) groups excluding carboxylic acids is 2. The first-order valence-corrected chi connectivity index (χ1v) is 12.0. The molecule has 0 aliphatic carbocycles. The fourth-order valence-electron chi connectivity index (χ4n) is 4.26. The second-order valence-electron chi connectivity index (χ2n) is 8.85. The van der Waals surface area contributed by atoms with Crippen LogP contribution in [-0.4, -0.2) is 63.5 Å². The Labute approximate surface area is 213 Å². The molecule has 0 aromatic heterocycles. The van der Waals surface area contributed by atoms with Gasteiger partial charge in [-0.1, -0.05) is 18.2 Å². The Morgan fingerprint density at radius 2 is 1.84 bits per heavy atom. The van der Waals surface area contributed by atoms with Crippen LogP contribution in [0.5, 0.6) is 11.5 Å². The number of benzene rings is 2. The number of hydrogen-bond acceptors (Lipinski definition) is 7. The molecule has 0 radical (unpaired) electrons. The lowest BCUT2D eigenvalue weighted by Crippen LogP contribution is -2.32. The van der Waals surface area contributed by atoms with Crippen molar-refractivity contribution in [1.29, 1.82) is 0 Å². The highest BCUT2D eigenvalue weighted by atomic mass is 19.4. The Morgan fingerprint density at radius 1 is 1.14 bits per heavy atom. The first kappa shape index (κ1) is 28.1. The molecule has 0 fully saturated rings. The molecule has 0 unspecified atom stereocenters. The van der Waals surface area contributed by atoms with E-state index in [-0.39, 0.29) is 36.7 Å². The summed E-state index contributed by atoms with van der Waals surface area (Å²) < 4.78 is 52.9. The van der Waals surface area contributed by atoms with Crippen molar-refractivity contribution in [2.24, 2.45) is 5.73 Å². The first-order chi connectivity index (χ1) is 17.5. The molecule has 3 N–H and O–H groups in total. The highest BCUT2D eigenvalue weighted by Crippen LogP contribution is 2.33. The number of fused-ring (bicyclic) bond motifs is 1. The van der Waals surface area contributed by atoms with Crippen LogP contribution in [-0.2, 0) is 22.4 Å². The number of nitrogens with zero attached hydrogens (tertiary/aromatic N) is 1. The van der Waals surface area contributed by atoms with Crippen LogP contribution in [0.25, 0.3) is 0 Å². The van der Waals surface area contributed by atoms with Gasteiger partial charge in [-0.25, -0.2) is 0 Å². The average molecular weight is 524 g/mol. The van der Waals surface area contributed by atoms with Crippen molar-refractivity contribution in [3.63, 3.8) is 0 Å². The zero-order valence-electron chi connectivity index (χ0n) is 20.9. The summed E-state index contributed by atoms with van der Waals surface area (Å²) in [4.78, 5) is 25.3. The summed E-state index contributed by atoms with van der Waals surface area (Å²) in [6.07, 6.45) is -3.04. The molecule has 2 aromatic carbocycles. The third-order valence-corrected chi connectivity index (χ3v) is 5.78. The molecule has 1 amide bonds. The Hall–Kier alpha value is -3.47. The molecule has 0 saturated heterocycles. The van der Waals surface area contributed by atoms with E-state index in [2.05, 4.69) is 11.4 Å². The maximum absolute atomic E-state index is 12.5. The molecular formula is C26H32F3N3O5. The van der Waals surface area contributed by atoms with Gasteiger partial charge in [0, 0.05) is 26.1 Å². The van der Waals surface area contributed by atoms with E-state index in [1.165, 1.54) is 13.0 Å². The molecule has 11 heteroatoms. The second-order valence-corrected chi connectivity index (χ2v) is 8.85. The predicted octanol–water partition coefficient (Wildman–Crippen LogP) is 3.25. The van der Waals surface area contributed by atoms with Crippen molar-refractivity contribution in [2.75, 3.05) is 44.4 Å². The minimum Gasteiger partial charge on any atom is -0.488 e. The van der Waals surface area contributed by atoms with Gasteiger partial charge < -0.3 is 30.2 Å². The van der Waals surface area contributed by atoms with Crippen LogP contribution in [0.2, 0.25) is 0 Å². The van der Waals surface area contributed by atoms with Gasteiger partial charge in [0.05, 0.1) is 17.8 Å². The number of hydrogen-bond donors (Lipinski definition) is 2. The summed E-state index contributed by atoms with van der Waals surface area (Å²) in [5.41, 5.74) is 8.91. The van der Waals surface area contributed by atoms with Crippen molar-refractivity contribution in [3.8, 4) is 11.5 Å². The van der Waals surface area contributed by atoms with Gasteiger partial charge in [0.2, 0.25) is 0 Å². The van der Waals surface area contributed by atoms with Gasteiger partial charge in [-0.15, -0.1) is 0 Å². The zero-order chi connectivity index (χ0) is 27.0. The van der Waals surface area contributed by atoms with E-state index in [4.69, 9.17) is 19.9 Å². The monoisotopic (exact) mass is 523 g/mol. The van der Waals surface area contributed by atoms with Crippen molar-refractivity contribution in [3.05, 3.63) is 53.1 Å². The van der Waals surface area contributed by atoms with Gasteiger partial charge in [0.25, 0.3) is 5.91 Å². The number of alkyl halides is 3. The van der Waals surface area contributed by atoms with Gasteiger partial charge in [-0.2, -0.15) is 13.2 Å². The van der Waals surface area contributed by atoms with Crippen LogP contribution in [0.1, 0.15) is 35.3 Å². The third kappa shape index (κ3) is 8.56. The Morgan fingerprint density at radius 3 is 2.49 bits per heavy atom. The minimum atomic E-state index is -4.43. The number of nitrogens with one attached hydrogen (secondary N) is 1. The van der Waals surface area contributed by atoms with Gasteiger partial charge in [0.15, 0.2) is 18.1 Å². The molecule has 0 bridgehead atoms. The van der Waals surface area contributed by atoms with Crippen LogP contribution in [0, 0.1) is 0 Å². The number of rotatable bonds is 13. The number of primary amides is 1. The molecule has 8 nitrogen and oxygen atoms in total. The summed E-state index contributed by atoms with van der Waals surface area (Å²) in [7, 11) is 0. The maximum atomic E-state index is 12.5. The van der Waals surface area contributed by atoms with E-state index in [0.29, 0.717) is 31.6 Å². The number of nitrogens with two attached hydrogens (primary N) is 1. The topological polar surface area (TPSA) is 103 Å². The van der Waals surface area contributed by atoms with Crippen molar-refractivity contribution < 1.29 is 37.0 Å². The molecule has 0 saturated carbocycles. The highest BCUT2D eigenvalue weighted by molar-refractivity contribution is 6.00. The fourth-order valence-corrected chi connectivity index (χ4v) is 4.26. The molecular weight excluding hydrogens is 491 g/mol. The number of halogens is 3. The fraction of sp³-hybridized carbons (Fsp3) is 0.462. The lowest BCUT2D eigenvalue weighted by Gasteiger charge is -2.22. The largest absolute Gasteiger partial charge is 0.488 e. The first-order valence-electron chi connectivity index (χ1n) is 12.0. The van der Waals surface area contributed by atoms with E-state index in [1.807, 2.05) is 11.8 Å². The summed E-state index contributed by atoms with van der Waals surface area (Å²) >= 11 is 0. The van der Waals surface area contributed by atoms with E-state index >= 15 is 0 Å². The van der Waals surface area contributed by atoms with E-state index < -0.39 is 18.7 Å². The quantitative estimate of drug-likeness (QED) is 0.307. The highest BCUT2D eigenvalue weighted by Gasteiger charge is 2.29. The number of esters is 1. The molecule has 1 aliphatic heterocycles. The summed E-state index contributed by atoms with van der Waals surface area (Å²) in [6.45, 7) is 4.05. The van der Waals surface area contributed by atoms with Gasteiger partial charge in [0.1, 0.15) is 13.2 Å². The Balaban J connectivity index is 1.53.